The molecular formula is C48H30N4O. The van der Waals surface area contributed by atoms with Crippen LogP contribution in [-0.2, 0) is 0 Å². The number of hydrogen-bond donors (Lipinski definition) is 0. The number of benzene rings is 7. The largest absolute Gasteiger partial charge is 0.456 e. The van der Waals surface area contributed by atoms with Gasteiger partial charge in [-0.2, -0.15) is 0 Å². The standard InChI is InChI=1S/C48H30N4O/c1-3-10-31(11-4-1)32-21-25-36(26-22-32)47-50-46(35-12-5-2-6-13-35)51-48(52-47)40-15-8-18-44-45(40)41-30-37(27-28-43(41)53-44)33-19-23-34(24-20-33)38-14-7-17-42-39(38)16-9-29-49-42/h1-30H. The highest BCUT2D eigenvalue weighted by atomic mass is 16.3. The molecule has 0 N–H and O–H groups in total. The predicted molar refractivity (Wildman–Crippen MR) is 215 cm³/mol. The van der Waals surface area contributed by atoms with E-state index < -0.39 is 0 Å². The number of fused-ring (bicyclic) bond motifs is 4. The number of pyridine rings is 1. The molecule has 5 heteroatoms. The molecule has 3 heterocycles. The summed E-state index contributed by atoms with van der Waals surface area (Å²) in [6, 6.07) is 60.4. The van der Waals surface area contributed by atoms with Crippen molar-refractivity contribution in [1.82, 2.24) is 19.9 Å². The van der Waals surface area contributed by atoms with Crippen LogP contribution in [0.1, 0.15) is 0 Å². The van der Waals surface area contributed by atoms with Crippen LogP contribution in [0, 0.1) is 0 Å². The van der Waals surface area contributed by atoms with Gasteiger partial charge in [0.05, 0.1) is 5.52 Å². The second-order valence-electron chi connectivity index (χ2n) is 13.1. The van der Waals surface area contributed by atoms with Gasteiger partial charge in [-0.05, 0) is 63.7 Å². The number of hydrogen-bond acceptors (Lipinski definition) is 5. The van der Waals surface area contributed by atoms with Crippen molar-refractivity contribution in [3.05, 3.63) is 182 Å². The van der Waals surface area contributed by atoms with Gasteiger partial charge >= 0.3 is 0 Å². The van der Waals surface area contributed by atoms with Crippen molar-refractivity contribution >= 4 is 32.8 Å². The van der Waals surface area contributed by atoms with E-state index in [-0.39, 0.29) is 0 Å². The van der Waals surface area contributed by atoms with E-state index >= 15 is 0 Å². The third kappa shape index (κ3) is 5.61. The third-order valence-electron chi connectivity index (χ3n) is 9.83. The minimum Gasteiger partial charge on any atom is -0.456 e. The summed E-state index contributed by atoms with van der Waals surface area (Å²) in [5.41, 5.74) is 12.2. The maximum atomic E-state index is 6.43. The molecule has 0 aliphatic heterocycles. The molecule has 0 amide bonds. The average Bonchev–Trinajstić information content (AvgIpc) is 3.62. The summed E-state index contributed by atoms with van der Waals surface area (Å²) >= 11 is 0. The zero-order valence-corrected chi connectivity index (χ0v) is 28.5. The van der Waals surface area contributed by atoms with Gasteiger partial charge in [0, 0.05) is 39.0 Å². The van der Waals surface area contributed by atoms with Crippen molar-refractivity contribution < 1.29 is 4.42 Å². The average molecular weight is 679 g/mol. The van der Waals surface area contributed by atoms with Gasteiger partial charge < -0.3 is 4.42 Å². The van der Waals surface area contributed by atoms with Gasteiger partial charge in [-0.15, -0.1) is 0 Å². The van der Waals surface area contributed by atoms with E-state index in [2.05, 4.69) is 126 Å². The van der Waals surface area contributed by atoms with Crippen molar-refractivity contribution in [2.75, 3.05) is 0 Å². The van der Waals surface area contributed by atoms with Crippen LogP contribution in [-0.4, -0.2) is 19.9 Å². The van der Waals surface area contributed by atoms with E-state index in [9.17, 15) is 0 Å². The first kappa shape index (κ1) is 30.6. The van der Waals surface area contributed by atoms with E-state index in [1.807, 2.05) is 60.8 Å². The van der Waals surface area contributed by atoms with Crippen LogP contribution in [0.2, 0.25) is 0 Å². The minimum absolute atomic E-state index is 0.591. The number of rotatable bonds is 6. The van der Waals surface area contributed by atoms with E-state index in [1.165, 1.54) is 5.56 Å². The van der Waals surface area contributed by atoms with E-state index in [4.69, 9.17) is 19.4 Å². The van der Waals surface area contributed by atoms with Crippen molar-refractivity contribution in [2.45, 2.75) is 0 Å². The summed E-state index contributed by atoms with van der Waals surface area (Å²) in [7, 11) is 0. The fraction of sp³-hybridized carbons (Fsp3) is 0. The van der Waals surface area contributed by atoms with Crippen molar-refractivity contribution in [3.63, 3.8) is 0 Å². The summed E-state index contributed by atoms with van der Waals surface area (Å²) in [4.78, 5) is 19.7. The first-order valence-electron chi connectivity index (χ1n) is 17.6. The Morgan fingerprint density at radius 3 is 1.66 bits per heavy atom. The molecule has 10 rings (SSSR count). The van der Waals surface area contributed by atoms with Gasteiger partial charge in [0.15, 0.2) is 17.5 Å². The fourth-order valence-corrected chi connectivity index (χ4v) is 7.17. The zero-order chi connectivity index (χ0) is 35.1. The normalized spacial score (nSPS) is 11.4. The third-order valence-corrected chi connectivity index (χ3v) is 9.83. The second kappa shape index (κ2) is 12.8. The molecule has 0 atom stereocenters. The van der Waals surface area contributed by atoms with Crippen LogP contribution < -0.4 is 0 Å². The lowest BCUT2D eigenvalue weighted by atomic mass is 9.96. The Balaban J connectivity index is 1.08. The maximum absolute atomic E-state index is 6.43. The van der Waals surface area contributed by atoms with Crippen LogP contribution in [0.25, 0.3) is 100 Å². The lowest BCUT2D eigenvalue weighted by molar-refractivity contribution is 0.669. The summed E-state index contributed by atoms with van der Waals surface area (Å²) < 4.78 is 6.43. The molecule has 5 nitrogen and oxygen atoms in total. The Bertz CT molecular complexity index is 2910. The van der Waals surface area contributed by atoms with Crippen molar-refractivity contribution in [2.24, 2.45) is 0 Å². The molecule has 248 valence electrons. The molecule has 53 heavy (non-hydrogen) atoms. The van der Waals surface area contributed by atoms with E-state index in [0.717, 1.165) is 77.3 Å². The highest BCUT2D eigenvalue weighted by molar-refractivity contribution is 6.12. The zero-order valence-electron chi connectivity index (χ0n) is 28.5. The molecule has 0 saturated carbocycles. The molecule has 0 bridgehead atoms. The summed E-state index contributed by atoms with van der Waals surface area (Å²) in [5.74, 6) is 1.82. The van der Waals surface area contributed by atoms with Crippen molar-refractivity contribution in [1.29, 1.82) is 0 Å². The number of nitrogens with zero attached hydrogens (tertiary/aromatic N) is 4. The van der Waals surface area contributed by atoms with Crippen LogP contribution in [0.15, 0.2) is 187 Å². The monoisotopic (exact) mass is 678 g/mol. The summed E-state index contributed by atoms with van der Waals surface area (Å²) in [6.45, 7) is 0. The van der Waals surface area contributed by atoms with Gasteiger partial charge in [-0.3, -0.25) is 4.98 Å². The van der Waals surface area contributed by atoms with Gasteiger partial charge in [0.2, 0.25) is 0 Å². The smallest absolute Gasteiger partial charge is 0.164 e. The molecule has 0 radical (unpaired) electrons. The van der Waals surface area contributed by atoms with Crippen LogP contribution in [0.4, 0.5) is 0 Å². The van der Waals surface area contributed by atoms with Gasteiger partial charge in [-0.25, -0.2) is 15.0 Å². The van der Waals surface area contributed by atoms with E-state index in [0.29, 0.717) is 17.5 Å². The second-order valence-corrected chi connectivity index (χ2v) is 13.1. The predicted octanol–water partition coefficient (Wildman–Crippen LogP) is 12.3. The Hall–Kier alpha value is -7.24. The summed E-state index contributed by atoms with van der Waals surface area (Å²) in [6.07, 6.45) is 1.84. The fourth-order valence-electron chi connectivity index (χ4n) is 7.17. The first-order chi connectivity index (χ1) is 26.2. The molecule has 0 fully saturated rings. The van der Waals surface area contributed by atoms with Gasteiger partial charge in [-0.1, -0.05) is 146 Å². The highest BCUT2D eigenvalue weighted by Gasteiger charge is 2.18. The Morgan fingerprint density at radius 2 is 0.906 bits per heavy atom. The molecule has 7 aromatic carbocycles. The molecule has 0 aliphatic rings. The molecule has 0 aliphatic carbocycles. The maximum Gasteiger partial charge on any atom is 0.164 e. The van der Waals surface area contributed by atoms with Gasteiger partial charge in [0.1, 0.15) is 11.2 Å². The molecule has 0 spiro atoms. The number of furan rings is 1. The molecular weight excluding hydrogens is 649 g/mol. The summed E-state index contributed by atoms with van der Waals surface area (Å²) in [5, 5.41) is 3.12. The van der Waals surface area contributed by atoms with Crippen molar-refractivity contribution in [3.8, 4) is 67.5 Å². The molecule has 0 unspecified atom stereocenters. The first-order valence-corrected chi connectivity index (χ1v) is 17.6. The number of aromatic nitrogens is 4. The quantitative estimate of drug-likeness (QED) is 0.175. The van der Waals surface area contributed by atoms with Crippen LogP contribution in [0.3, 0.4) is 0 Å². The Kier molecular flexibility index (Phi) is 7.40. The van der Waals surface area contributed by atoms with Crippen LogP contribution >= 0.6 is 0 Å². The lowest BCUT2D eigenvalue weighted by Gasteiger charge is -2.10. The Labute approximate surface area is 305 Å². The van der Waals surface area contributed by atoms with E-state index in [1.54, 1.807) is 0 Å². The van der Waals surface area contributed by atoms with Crippen LogP contribution in [0.5, 0.6) is 0 Å². The Morgan fingerprint density at radius 1 is 0.340 bits per heavy atom. The van der Waals surface area contributed by atoms with Gasteiger partial charge in [0.25, 0.3) is 0 Å². The molecule has 10 aromatic rings. The molecule has 0 saturated heterocycles. The minimum atomic E-state index is 0.591. The highest BCUT2D eigenvalue weighted by Crippen LogP contribution is 2.39. The molecule has 3 aromatic heterocycles. The SMILES string of the molecule is c1ccc(-c2ccc(-c3nc(-c4ccccc4)nc(-c4cccc5oc6ccc(-c7ccc(-c8cccc9ncccc89)cc7)cc6c45)n3)cc2)cc1. The lowest BCUT2D eigenvalue weighted by Crippen LogP contribution is -2.00. The topological polar surface area (TPSA) is 64.7 Å².